The van der Waals surface area contributed by atoms with Crippen molar-refractivity contribution in [2.45, 2.75) is 32.7 Å². The molecule has 0 spiro atoms. The number of phenols is 1. The third-order valence-corrected chi connectivity index (χ3v) is 3.59. The molecule has 0 bridgehead atoms. The molecule has 0 amide bonds. The highest BCUT2D eigenvalue weighted by Crippen LogP contribution is 2.29. The van der Waals surface area contributed by atoms with Crippen molar-refractivity contribution in [2.75, 3.05) is 6.54 Å². The van der Waals surface area contributed by atoms with Gasteiger partial charge in [0.15, 0.2) is 0 Å². The second kappa shape index (κ2) is 5.50. The van der Waals surface area contributed by atoms with E-state index in [1.165, 1.54) is 37.5 Å². The number of nitrogens with one attached hydrogen (secondary N) is 1. The average Bonchev–Trinajstić information content (AvgIpc) is 2.69. The molecule has 1 saturated carbocycles. The largest absolute Gasteiger partial charge is 0.508 e. The number of phenolic OH excluding ortho intramolecular Hbond substituents is 1. The van der Waals surface area contributed by atoms with Crippen molar-refractivity contribution in [2.24, 2.45) is 11.8 Å². The summed E-state index contributed by atoms with van der Waals surface area (Å²) in [6, 6.07) is 4.07. The Kier molecular flexibility index (Phi) is 4.00. The van der Waals surface area contributed by atoms with Gasteiger partial charge in [-0.15, -0.1) is 0 Å². The third-order valence-electron chi connectivity index (χ3n) is 3.59. The fraction of sp³-hybridized carbons (Fsp3) is 0.571. The molecular weight excluding hydrogens is 217 g/mol. The number of benzene rings is 1. The molecule has 3 heteroatoms. The highest BCUT2D eigenvalue weighted by Gasteiger charge is 2.20. The van der Waals surface area contributed by atoms with E-state index in [1.807, 2.05) is 0 Å². The topological polar surface area (TPSA) is 32.3 Å². The average molecular weight is 237 g/mol. The van der Waals surface area contributed by atoms with Gasteiger partial charge in [-0.25, -0.2) is 4.39 Å². The molecule has 0 saturated heterocycles. The fourth-order valence-electron chi connectivity index (χ4n) is 2.62. The molecule has 2 N–H and O–H groups in total. The van der Waals surface area contributed by atoms with Crippen LogP contribution in [-0.2, 0) is 6.54 Å². The Hall–Kier alpha value is -1.09. The van der Waals surface area contributed by atoms with E-state index >= 15 is 0 Å². The van der Waals surface area contributed by atoms with Gasteiger partial charge in [0, 0.05) is 12.1 Å². The Morgan fingerprint density at radius 2 is 2.24 bits per heavy atom. The Morgan fingerprint density at radius 3 is 2.94 bits per heavy atom. The molecular formula is C14H20FNO. The molecule has 1 aromatic carbocycles. The summed E-state index contributed by atoms with van der Waals surface area (Å²) in [4.78, 5) is 0. The van der Waals surface area contributed by atoms with Crippen LogP contribution in [0.2, 0.25) is 0 Å². The van der Waals surface area contributed by atoms with Gasteiger partial charge in [0.25, 0.3) is 0 Å². The number of rotatable bonds is 4. The van der Waals surface area contributed by atoms with Crippen LogP contribution in [0.3, 0.4) is 0 Å². The lowest BCUT2D eigenvalue weighted by Gasteiger charge is -2.11. The molecule has 2 rings (SSSR count). The zero-order valence-corrected chi connectivity index (χ0v) is 10.2. The molecule has 0 aliphatic heterocycles. The van der Waals surface area contributed by atoms with Crippen LogP contribution in [-0.4, -0.2) is 11.7 Å². The number of halogens is 1. The van der Waals surface area contributed by atoms with Gasteiger partial charge in [-0.3, -0.25) is 0 Å². The van der Waals surface area contributed by atoms with E-state index < -0.39 is 0 Å². The van der Waals surface area contributed by atoms with Crippen molar-refractivity contribution in [3.05, 3.63) is 29.6 Å². The van der Waals surface area contributed by atoms with Crippen molar-refractivity contribution in [3.8, 4) is 5.75 Å². The first-order valence-electron chi connectivity index (χ1n) is 6.33. The van der Waals surface area contributed by atoms with E-state index in [4.69, 9.17) is 0 Å². The molecule has 2 nitrogen and oxygen atoms in total. The number of aromatic hydroxyl groups is 1. The van der Waals surface area contributed by atoms with E-state index in [0.29, 0.717) is 12.1 Å². The summed E-state index contributed by atoms with van der Waals surface area (Å²) in [5.41, 5.74) is 0.635. The van der Waals surface area contributed by atoms with Crippen molar-refractivity contribution in [1.29, 1.82) is 0 Å². The van der Waals surface area contributed by atoms with Crippen LogP contribution in [0.5, 0.6) is 5.75 Å². The predicted molar refractivity (Wildman–Crippen MR) is 66.3 cm³/mol. The molecule has 2 unspecified atom stereocenters. The van der Waals surface area contributed by atoms with Crippen molar-refractivity contribution < 1.29 is 9.50 Å². The zero-order valence-electron chi connectivity index (χ0n) is 10.2. The molecule has 0 aromatic heterocycles. The highest BCUT2D eigenvalue weighted by atomic mass is 19.1. The van der Waals surface area contributed by atoms with Gasteiger partial charge < -0.3 is 10.4 Å². The zero-order chi connectivity index (χ0) is 12.3. The first-order chi connectivity index (χ1) is 8.15. The van der Waals surface area contributed by atoms with Crippen LogP contribution in [0.15, 0.2) is 18.2 Å². The third kappa shape index (κ3) is 3.43. The van der Waals surface area contributed by atoms with Gasteiger partial charge in [0.1, 0.15) is 11.6 Å². The van der Waals surface area contributed by atoms with Crippen LogP contribution >= 0.6 is 0 Å². The summed E-state index contributed by atoms with van der Waals surface area (Å²) in [7, 11) is 0. The lowest BCUT2D eigenvalue weighted by atomic mass is 10.1. The molecule has 1 aromatic rings. The highest BCUT2D eigenvalue weighted by molar-refractivity contribution is 5.32. The summed E-state index contributed by atoms with van der Waals surface area (Å²) >= 11 is 0. The number of hydrogen-bond acceptors (Lipinski definition) is 2. The van der Waals surface area contributed by atoms with Crippen molar-refractivity contribution in [3.63, 3.8) is 0 Å². The smallest absolute Gasteiger partial charge is 0.123 e. The van der Waals surface area contributed by atoms with Crippen LogP contribution in [0.25, 0.3) is 0 Å². The predicted octanol–water partition coefficient (Wildman–Crippen LogP) is 3.06. The standard InChI is InChI=1S/C14H20FNO/c1-10-2-3-11(6-10)8-16-9-12-7-13(15)4-5-14(12)17/h4-5,7,10-11,16-17H,2-3,6,8-9H2,1H3. The van der Waals surface area contributed by atoms with Gasteiger partial charge in [0.05, 0.1) is 0 Å². The van der Waals surface area contributed by atoms with Crippen LogP contribution < -0.4 is 5.32 Å². The first kappa shape index (κ1) is 12.4. The molecule has 0 radical (unpaired) electrons. The summed E-state index contributed by atoms with van der Waals surface area (Å²) in [6.07, 6.45) is 3.88. The van der Waals surface area contributed by atoms with Crippen molar-refractivity contribution in [1.82, 2.24) is 5.32 Å². The van der Waals surface area contributed by atoms with Crippen molar-refractivity contribution >= 4 is 0 Å². The van der Waals surface area contributed by atoms with Gasteiger partial charge in [-0.05, 0) is 49.4 Å². The molecule has 1 fully saturated rings. The quantitative estimate of drug-likeness (QED) is 0.843. The van der Waals surface area contributed by atoms with Gasteiger partial charge in [-0.1, -0.05) is 13.3 Å². The maximum atomic E-state index is 13.0. The molecule has 1 aliphatic carbocycles. The minimum absolute atomic E-state index is 0.165. The monoisotopic (exact) mass is 237 g/mol. The summed E-state index contributed by atoms with van der Waals surface area (Å²) in [6.45, 7) is 3.78. The Balaban J connectivity index is 1.80. The SMILES string of the molecule is CC1CCC(CNCc2cc(F)ccc2O)C1. The molecule has 94 valence electrons. The van der Waals surface area contributed by atoms with E-state index in [0.717, 1.165) is 18.4 Å². The molecule has 2 atom stereocenters. The van der Waals surface area contributed by atoms with Crippen LogP contribution in [0.4, 0.5) is 4.39 Å². The van der Waals surface area contributed by atoms with E-state index in [2.05, 4.69) is 12.2 Å². The minimum Gasteiger partial charge on any atom is -0.508 e. The Bertz CT molecular complexity index is 380. The maximum absolute atomic E-state index is 13.0. The molecule has 0 heterocycles. The molecule has 1 aliphatic rings. The lowest BCUT2D eigenvalue weighted by Crippen LogP contribution is -2.21. The minimum atomic E-state index is -0.297. The Labute approximate surface area is 102 Å². The second-order valence-electron chi connectivity index (χ2n) is 5.19. The molecule has 17 heavy (non-hydrogen) atoms. The van der Waals surface area contributed by atoms with Crippen LogP contribution in [0, 0.1) is 17.7 Å². The van der Waals surface area contributed by atoms with E-state index in [9.17, 15) is 9.50 Å². The normalized spacial score (nSPS) is 24.1. The number of hydrogen-bond donors (Lipinski definition) is 2. The lowest BCUT2D eigenvalue weighted by molar-refractivity contribution is 0.446. The first-order valence-corrected chi connectivity index (χ1v) is 6.33. The summed E-state index contributed by atoms with van der Waals surface area (Å²) in [5.74, 6) is 1.44. The summed E-state index contributed by atoms with van der Waals surface area (Å²) < 4.78 is 13.0. The fourth-order valence-corrected chi connectivity index (χ4v) is 2.62. The summed E-state index contributed by atoms with van der Waals surface area (Å²) in [5, 5.41) is 12.9. The van der Waals surface area contributed by atoms with Gasteiger partial charge in [0.2, 0.25) is 0 Å². The van der Waals surface area contributed by atoms with E-state index in [-0.39, 0.29) is 11.6 Å². The second-order valence-corrected chi connectivity index (χ2v) is 5.19. The van der Waals surface area contributed by atoms with E-state index in [1.54, 1.807) is 0 Å². The maximum Gasteiger partial charge on any atom is 0.123 e. The Morgan fingerprint density at radius 1 is 1.41 bits per heavy atom. The van der Waals surface area contributed by atoms with Crippen LogP contribution in [0.1, 0.15) is 31.7 Å². The van der Waals surface area contributed by atoms with Gasteiger partial charge >= 0.3 is 0 Å². The van der Waals surface area contributed by atoms with Gasteiger partial charge in [-0.2, -0.15) is 0 Å².